The van der Waals surface area contributed by atoms with Crippen molar-refractivity contribution in [2.45, 2.75) is 25.6 Å². The number of carbonyl (C=O) groups is 1. The summed E-state index contributed by atoms with van der Waals surface area (Å²) >= 11 is 0. The molecular formula is C26H27F3N8O2. The number of imidazole rings is 1. The van der Waals surface area contributed by atoms with Crippen LogP contribution in [0.15, 0.2) is 49.1 Å². The molecule has 39 heavy (non-hydrogen) atoms. The number of anilines is 2. The van der Waals surface area contributed by atoms with E-state index in [1.54, 1.807) is 19.5 Å². The van der Waals surface area contributed by atoms with E-state index in [2.05, 4.69) is 35.1 Å². The summed E-state index contributed by atoms with van der Waals surface area (Å²) in [4.78, 5) is 35.9. The lowest BCUT2D eigenvalue weighted by Crippen LogP contribution is -2.50. The maximum atomic E-state index is 12.6. The quantitative estimate of drug-likeness (QED) is 0.357. The van der Waals surface area contributed by atoms with Crippen LogP contribution in [-0.2, 0) is 4.79 Å². The maximum Gasteiger partial charge on any atom is 0.397 e. The van der Waals surface area contributed by atoms with Crippen molar-refractivity contribution in [2.75, 3.05) is 38.6 Å². The number of nitrogens with one attached hydrogen (secondary N) is 2. The summed E-state index contributed by atoms with van der Waals surface area (Å²) in [6.45, 7) is 3.52. The van der Waals surface area contributed by atoms with Crippen LogP contribution in [0.5, 0.6) is 5.75 Å². The van der Waals surface area contributed by atoms with Crippen LogP contribution in [0, 0.1) is 0 Å². The minimum Gasteiger partial charge on any atom is -0.493 e. The van der Waals surface area contributed by atoms with Crippen LogP contribution in [0.1, 0.15) is 24.9 Å². The van der Waals surface area contributed by atoms with Crippen LogP contribution in [0.4, 0.5) is 24.9 Å². The smallest absolute Gasteiger partial charge is 0.397 e. The molecule has 1 aliphatic heterocycles. The number of ether oxygens (including phenoxy) is 1. The molecule has 5 rings (SSSR count). The average Bonchev–Trinajstić information content (AvgIpc) is 3.33. The van der Waals surface area contributed by atoms with Crippen molar-refractivity contribution in [1.82, 2.24) is 34.7 Å². The zero-order chi connectivity index (χ0) is 27.6. The summed E-state index contributed by atoms with van der Waals surface area (Å²) in [5.74, 6) is 0.805. The number of benzene rings is 1. The number of halogens is 3. The van der Waals surface area contributed by atoms with Gasteiger partial charge >= 0.3 is 6.18 Å². The van der Waals surface area contributed by atoms with Crippen molar-refractivity contribution in [3.05, 3.63) is 54.6 Å². The van der Waals surface area contributed by atoms with Gasteiger partial charge in [0.2, 0.25) is 11.9 Å². The highest BCUT2D eigenvalue weighted by Crippen LogP contribution is 2.30. The molecule has 1 aromatic carbocycles. The summed E-state index contributed by atoms with van der Waals surface area (Å²) in [6, 6.07) is 9.53. The third-order valence-electron chi connectivity index (χ3n) is 6.73. The number of hydrogen-bond acceptors (Lipinski definition) is 8. The molecule has 10 nitrogen and oxygen atoms in total. The lowest BCUT2D eigenvalue weighted by atomic mass is 10.1. The van der Waals surface area contributed by atoms with Gasteiger partial charge in [-0.2, -0.15) is 13.2 Å². The molecule has 4 heterocycles. The molecule has 3 aromatic heterocycles. The predicted molar refractivity (Wildman–Crippen MR) is 138 cm³/mol. The Morgan fingerprint density at radius 1 is 1.15 bits per heavy atom. The fraction of sp³-hybridized carbons (Fsp3) is 0.346. The second kappa shape index (κ2) is 10.8. The van der Waals surface area contributed by atoms with E-state index >= 15 is 0 Å². The number of carbonyl (C=O) groups excluding carboxylic acids is 1. The standard InChI is InChI=1S/C26H27F3N8O2/c1-16(36-7-9-37(10-8-36)23(38)13-26(27,28)29)17-5-6-31-22(12-17)35-25-33-19-4-3-18(11-20(19)34-25)24-21(39-2)14-30-15-32-24/h3-6,11-12,14-16H,7-10,13H2,1-2H3,(H2,31,33,34,35)/t16-/m0/s1. The van der Waals surface area contributed by atoms with Gasteiger partial charge in [0, 0.05) is 44.0 Å². The zero-order valence-corrected chi connectivity index (χ0v) is 21.4. The molecule has 204 valence electrons. The highest BCUT2D eigenvalue weighted by atomic mass is 19.4. The number of nitrogens with zero attached hydrogens (tertiary/aromatic N) is 6. The van der Waals surface area contributed by atoms with Gasteiger partial charge < -0.3 is 19.9 Å². The number of hydrogen-bond donors (Lipinski definition) is 2. The minimum atomic E-state index is -4.49. The van der Waals surface area contributed by atoms with Crippen molar-refractivity contribution in [3.8, 4) is 17.0 Å². The summed E-state index contributed by atoms with van der Waals surface area (Å²) in [6.07, 6.45) is -1.14. The lowest BCUT2D eigenvalue weighted by molar-refractivity contribution is -0.162. The first-order valence-electron chi connectivity index (χ1n) is 12.4. The van der Waals surface area contributed by atoms with E-state index in [1.807, 2.05) is 37.3 Å². The number of rotatable bonds is 7. The van der Waals surface area contributed by atoms with Crippen LogP contribution in [0.2, 0.25) is 0 Å². The second-order valence-electron chi connectivity index (χ2n) is 9.24. The molecule has 1 atom stereocenters. The molecule has 0 radical (unpaired) electrons. The van der Waals surface area contributed by atoms with Gasteiger partial charge in [0.25, 0.3) is 0 Å². The number of methoxy groups -OCH3 is 1. The van der Waals surface area contributed by atoms with Gasteiger partial charge in [0.05, 0.1) is 24.3 Å². The number of aromatic amines is 1. The Bertz CT molecular complexity index is 1470. The number of H-pyrrole nitrogens is 1. The molecule has 0 spiro atoms. The number of pyridine rings is 1. The molecule has 2 N–H and O–H groups in total. The van der Waals surface area contributed by atoms with Gasteiger partial charge in [-0.05, 0) is 36.8 Å². The van der Waals surface area contributed by atoms with Crippen molar-refractivity contribution >= 4 is 28.7 Å². The highest BCUT2D eigenvalue weighted by molar-refractivity contribution is 5.84. The largest absolute Gasteiger partial charge is 0.493 e. The molecule has 13 heteroatoms. The van der Waals surface area contributed by atoms with E-state index in [-0.39, 0.29) is 19.1 Å². The van der Waals surface area contributed by atoms with Crippen LogP contribution in [0.3, 0.4) is 0 Å². The van der Waals surface area contributed by atoms with E-state index in [0.29, 0.717) is 36.3 Å². The second-order valence-corrected chi connectivity index (χ2v) is 9.24. The number of aromatic nitrogens is 5. The average molecular weight is 541 g/mol. The monoisotopic (exact) mass is 540 g/mol. The van der Waals surface area contributed by atoms with Crippen molar-refractivity contribution in [1.29, 1.82) is 0 Å². The molecule has 0 bridgehead atoms. The molecule has 0 aliphatic carbocycles. The normalized spacial score (nSPS) is 15.4. The van der Waals surface area contributed by atoms with E-state index < -0.39 is 18.5 Å². The Morgan fingerprint density at radius 3 is 2.69 bits per heavy atom. The first kappa shape index (κ1) is 26.4. The van der Waals surface area contributed by atoms with Gasteiger partial charge in [-0.15, -0.1) is 0 Å². The van der Waals surface area contributed by atoms with Gasteiger partial charge in [-0.25, -0.2) is 19.9 Å². The minimum absolute atomic E-state index is 0.0190. The summed E-state index contributed by atoms with van der Waals surface area (Å²) in [7, 11) is 1.57. The molecule has 4 aromatic rings. The molecular weight excluding hydrogens is 513 g/mol. The molecule has 1 amide bonds. The van der Waals surface area contributed by atoms with Crippen molar-refractivity contribution in [2.24, 2.45) is 0 Å². The van der Waals surface area contributed by atoms with Crippen LogP contribution in [0.25, 0.3) is 22.3 Å². The van der Waals surface area contributed by atoms with Gasteiger partial charge in [0.1, 0.15) is 24.3 Å². The first-order valence-corrected chi connectivity index (χ1v) is 12.4. The number of piperazine rings is 1. The SMILES string of the molecule is COc1cncnc1-c1ccc2nc(Nc3cc([C@H](C)N4CCN(C(=O)CC(F)(F)F)CC4)ccn3)[nH]c2c1. The van der Waals surface area contributed by atoms with Crippen LogP contribution >= 0.6 is 0 Å². The van der Waals surface area contributed by atoms with Crippen LogP contribution in [-0.4, -0.2) is 80.1 Å². The Balaban J connectivity index is 1.25. The topological polar surface area (TPSA) is 112 Å². The molecule has 0 unspecified atom stereocenters. The van der Waals surface area contributed by atoms with Gasteiger partial charge in [-0.3, -0.25) is 9.69 Å². The number of fused-ring (bicyclic) bond motifs is 1. The van der Waals surface area contributed by atoms with Crippen molar-refractivity contribution in [3.63, 3.8) is 0 Å². The molecule has 0 saturated carbocycles. The fourth-order valence-electron chi connectivity index (χ4n) is 4.65. The van der Waals surface area contributed by atoms with E-state index in [9.17, 15) is 18.0 Å². The predicted octanol–water partition coefficient (Wildman–Crippen LogP) is 4.32. The summed E-state index contributed by atoms with van der Waals surface area (Å²) in [5.41, 5.74) is 4.07. The van der Waals surface area contributed by atoms with E-state index in [0.717, 1.165) is 22.2 Å². The van der Waals surface area contributed by atoms with E-state index in [1.165, 1.54) is 11.2 Å². The van der Waals surface area contributed by atoms with E-state index in [4.69, 9.17) is 4.74 Å². The number of alkyl halides is 3. The third kappa shape index (κ3) is 6.08. The fourth-order valence-corrected chi connectivity index (χ4v) is 4.65. The summed E-state index contributed by atoms with van der Waals surface area (Å²) < 4.78 is 43.1. The number of amides is 1. The highest BCUT2D eigenvalue weighted by Gasteiger charge is 2.35. The first-order chi connectivity index (χ1) is 18.7. The van der Waals surface area contributed by atoms with Crippen molar-refractivity contribution < 1.29 is 22.7 Å². The molecule has 1 fully saturated rings. The molecule has 1 aliphatic rings. The summed E-state index contributed by atoms with van der Waals surface area (Å²) in [5, 5.41) is 3.21. The lowest BCUT2D eigenvalue weighted by Gasteiger charge is -2.38. The Hall–Kier alpha value is -4.26. The Labute approximate surface area is 222 Å². The van der Waals surface area contributed by atoms with Gasteiger partial charge in [-0.1, -0.05) is 6.07 Å². The Morgan fingerprint density at radius 2 is 1.95 bits per heavy atom. The molecule has 1 saturated heterocycles. The van der Waals surface area contributed by atoms with Gasteiger partial charge in [0.15, 0.2) is 5.75 Å². The Kier molecular flexibility index (Phi) is 7.33. The maximum absolute atomic E-state index is 12.6. The third-order valence-corrected chi connectivity index (χ3v) is 6.73. The zero-order valence-electron chi connectivity index (χ0n) is 21.4. The van der Waals surface area contributed by atoms with Crippen LogP contribution < -0.4 is 10.1 Å².